The zero-order valence-electron chi connectivity index (χ0n) is 18.0. The lowest BCUT2D eigenvalue weighted by molar-refractivity contribution is -0.124. The molecular formula is C22H27N3O5S. The molecule has 31 heavy (non-hydrogen) atoms. The van der Waals surface area contributed by atoms with E-state index in [4.69, 9.17) is 4.42 Å². The smallest absolute Gasteiger partial charge is 0.408 e. The SMILES string of the molecule is CCN(CC)S(=O)(=O)c1ccc([C@@H](C)NC(=O)[C@H](C)n2c(=O)oc3ccccc32)cc1. The third-order valence-corrected chi connectivity index (χ3v) is 7.43. The molecule has 0 unspecified atom stereocenters. The van der Waals surface area contributed by atoms with Gasteiger partial charge in [-0.15, -0.1) is 0 Å². The van der Waals surface area contributed by atoms with Crippen LogP contribution in [0.5, 0.6) is 0 Å². The van der Waals surface area contributed by atoms with Crippen LogP contribution in [0.3, 0.4) is 0 Å². The van der Waals surface area contributed by atoms with Gasteiger partial charge in [-0.3, -0.25) is 9.36 Å². The van der Waals surface area contributed by atoms with Gasteiger partial charge >= 0.3 is 5.76 Å². The van der Waals surface area contributed by atoms with Crippen molar-refractivity contribution in [3.63, 3.8) is 0 Å². The zero-order valence-corrected chi connectivity index (χ0v) is 18.8. The van der Waals surface area contributed by atoms with Crippen LogP contribution in [0, 0.1) is 0 Å². The Hall–Kier alpha value is -2.91. The van der Waals surface area contributed by atoms with Crippen LogP contribution >= 0.6 is 0 Å². The maximum atomic E-state index is 12.8. The summed E-state index contributed by atoms with van der Waals surface area (Å²) in [5, 5.41) is 2.88. The number of aromatic nitrogens is 1. The summed E-state index contributed by atoms with van der Waals surface area (Å²) < 4.78 is 33.2. The van der Waals surface area contributed by atoms with E-state index < -0.39 is 21.8 Å². The normalized spacial score (nSPS) is 14.0. The molecule has 3 rings (SSSR count). The topological polar surface area (TPSA) is 102 Å². The van der Waals surface area contributed by atoms with Crippen molar-refractivity contribution in [2.24, 2.45) is 0 Å². The average molecular weight is 446 g/mol. The van der Waals surface area contributed by atoms with Crippen molar-refractivity contribution in [2.45, 2.75) is 44.7 Å². The fraction of sp³-hybridized carbons (Fsp3) is 0.364. The van der Waals surface area contributed by atoms with Gasteiger partial charge in [-0.05, 0) is 43.7 Å². The quantitative estimate of drug-likeness (QED) is 0.574. The largest absolute Gasteiger partial charge is 0.420 e. The molecule has 3 aromatic rings. The number of carbonyl (C=O) groups excluding carboxylic acids is 1. The minimum absolute atomic E-state index is 0.211. The lowest BCUT2D eigenvalue weighted by atomic mass is 10.1. The Kier molecular flexibility index (Phi) is 6.66. The second-order valence-electron chi connectivity index (χ2n) is 7.27. The number of para-hydroxylation sites is 2. The first kappa shape index (κ1) is 22.8. The lowest BCUT2D eigenvalue weighted by Gasteiger charge is -2.20. The molecule has 0 bridgehead atoms. The van der Waals surface area contributed by atoms with Crippen LogP contribution in [0.4, 0.5) is 0 Å². The zero-order chi connectivity index (χ0) is 22.8. The summed E-state index contributed by atoms with van der Waals surface area (Å²) in [6.07, 6.45) is 0. The highest BCUT2D eigenvalue weighted by atomic mass is 32.2. The van der Waals surface area contributed by atoms with Gasteiger partial charge in [0.2, 0.25) is 15.9 Å². The maximum absolute atomic E-state index is 12.8. The van der Waals surface area contributed by atoms with Crippen molar-refractivity contribution in [1.29, 1.82) is 0 Å². The van der Waals surface area contributed by atoms with Crippen molar-refractivity contribution >= 4 is 27.0 Å². The van der Waals surface area contributed by atoms with Crippen molar-refractivity contribution in [3.8, 4) is 0 Å². The second-order valence-corrected chi connectivity index (χ2v) is 9.21. The van der Waals surface area contributed by atoms with Gasteiger partial charge in [-0.2, -0.15) is 4.31 Å². The molecule has 2 aromatic carbocycles. The fourth-order valence-electron chi connectivity index (χ4n) is 3.53. The fourth-order valence-corrected chi connectivity index (χ4v) is 4.98. The lowest BCUT2D eigenvalue weighted by Crippen LogP contribution is -2.35. The molecule has 0 aliphatic heterocycles. The predicted octanol–water partition coefficient (Wildman–Crippen LogP) is 3.06. The monoisotopic (exact) mass is 445 g/mol. The first-order valence-electron chi connectivity index (χ1n) is 10.2. The molecule has 8 nitrogen and oxygen atoms in total. The second kappa shape index (κ2) is 9.07. The summed E-state index contributed by atoms with van der Waals surface area (Å²) in [6, 6.07) is 12.2. The summed E-state index contributed by atoms with van der Waals surface area (Å²) in [6.45, 7) is 7.81. The summed E-state index contributed by atoms with van der Waals surface area (Å²) >= 11 is 0. The molecule has 0 aliphatic carbocycles. The molecule has 1 amide bonds. The van der Waals surface area contributed by atoms with E-state index in [0.29, 0.717) is 24.2 Å². The first-order chi connectivity index (χ1) is 14.7. The Balaban J connectivity index is 1.76. The molecule has 1 aromatic heterocycles. The van der Waals surface area contributed by atoms with E-state index in [1.54, 1.807) is 76.2 Å². The van der Waals surface area contributed by atoms with Gasteiger partial charge in [-0.25, -0.2) is 13.2 Å². The molecule has 9 heteroatoms. The van der Waals surface area contributed by atoms with Gasteiger partial charge in [0.05, 0.1) is 16.5 Å². The van der Waals surface area contributed by atoms with Crippen molar-refractivity contribution in [3.05, 3.63) is 64.6 Å². The number of hydrogen-bond acceptors (Lipinski definition) is 5. The van der Waals surface area contributed by atoms with Crippen LogP contribution in [0.15, 0.2) is 62.6 Å². The third kappa shape index (κ3) is 4.42. The van der Waals surface area contributed by atoms with Gasteiger partial charge in [-0.1, -0.05) is 38.1 Å². The number of fused-ring (bicyclic) bond motifs is 1. The number of nitrogens with zero attached hydrogens (tertiary/aromatic N) is 2. The minimum Gasteiger partial charge on any atom is -0.408 e. The summed E-state index contributed by atoms with van der Waals surface area (Å²) in [4.78, 5) is 25.2. The first-order valence-corrected chi connectivity index (χ1v) is 11.6. The van der Waals surface area contributed by atoms with Crippen molar-refractivity contribution < 1.29 is 17.6 Å². The number of nitrogens with one attached hydrogen (secondary N) is 1. The third-order valence-electron chi connectivity index (χ3n) is 5.37. The molecule has 0 aliphatic rings. The molecule has 0 spiro atoms. The number of hydrogen-bond donors (Lipinski definition) is 1. The molecule has 0 saturated carbocycles. The average Bonchev–Trinajstić information content (AvgIpc) is 3.09. The van der Waals surface area contributed by atoms with Crippen LogP contribution < -0.4 is 11.1 Å². The Labute approximate surface area is 181 Å². The maximum Gasteiger partial charge on any atom is 0.420 e. The highest BCUT2D eigenvalue weighted by Crippen LogP contribution is 2.21. The molecule has 2 atom stereocenters. The summed E-state index contributed by atoms with van der Waals surface area (Å²) in [5.74, 6) is -0.941. The standard InChI is InChI=1S/C22H27N3O5S/c1-5-24(6-2)31(28,29)18-13-11-17(12-14-18)15(3)23-21(26)16(4)25-19-9-7-8-10-20(19)30-22(25)27/h7-16H,5-6H2,1-4H3,(H,23,26)/t15-,16+/m1/s1. The van der Waals surface area contributed by atoms with Crippen LogP contribution in [-0.2, 0) is 14.8 Å². The van der Waals surface area contributed by atoms with Gasteiger partial charge in [0.25, 0.3) is 0 Å². The Morgan fingerprint density at radius 2 is 1.68 bits per heavy atom. The molecular weight excluding hydrogens is 418 g/mol. The van der Waals surface area contributed by atoms with Crippen LogP contribution in [0.25, 0.3) is 11.1 Å². The number of carbonyl (C=O) groups is 1. The van der Waals surface area contributed by atoms with E-state index in [2.05, 4.69) is 5.32 Å². The predicted molar refractivity (Wildman–Crippen MR) is 118 cm³/mol. The van der Waals surface area contributed by atoms with E-state index in [0.717, 1.165) is 5.56 Å². The Morgan fingerprint density at radius 1 is 1.06 bits per heavy atom. The summed E-state index contributed by atoms with van der Waals surface area (Å²) in [7, 11) is -3.54. The number of rotatable bonds is 8. The van der Waals surface area contributed by atoms with E-state index >= 15 is 0 Å². The van der Waals surface area contributed by atoms with E-state index in [1.807, 2.05) is 0 Å². The number of sulfonamides is 1. The number of oxazole rings is 1. The molecule has 0 radical (unpaired) electrons. The minimum atomic E-state index is -3.54. The van der Waals surface area contributed by atoms with Crippen LogP contribution in [0.1, 0.15) is 45.3 Å². The Morgan fingerprint density at radius 3 is 2.29 bits per heavy atom. The van der Waals surface area contributed by atoms with E-state index in [9.17, 15) is 18.0 Å². The Bertz CT molecular complexity index is 1220. The summed E-state index contributed by atoms with van der Waals surface area (Å²) in [5.41, 5.74) is 1.72. The van der Waals surface area contributed by atoms with Crippen LogP contribution in [-0.4, -0.2) is 36.3 Å². The molecule has 1 N–H and O–H groups in total. The van der Waals surface area contributed by atoms with Crippen molar-refractivity contribution in [1.82, 2.24) is 14.2 Å². The van der Waals surface area contributed by atoms with Gasteiger partial charge in [0.1, 0.15) is 6.04 Å². The molecule has 0 fully saturated rings. The van der Waals surface area contributed by atoms with Gasteiger partial charge in [0.15, 0.2) is 5.58 Å². The van der Waals surface area contributed by atoms with Crippen molar-refractivity contribution in [2.75, 3.05) is 13.1 Å². The van der Waals surface area contributed by atoms with Gasteiger partial charge in [0, 0.05) is 13.1 Å². The molecule has 0 saturated heterocycles. The number of amides is 1. The van der Waals surface area contributed by atoms with E-state index in [-0.39, 0.29) is 16.8 Å². The highest BCUT2D eigenvalue weighted by molar-refractivity contribution is 7.89. The number of benzene rings is 2. The van der Waals surface area contributed by atoms with E-state index in [1.165, 1.54) is 8.87 Å². The van der Waals surface area contributed by atoms with Crippen LogP contribution in [0.2, 0.25) is 0 Å². The molecule has 166 valence electrons. The molecule has 1 heterocycles. The highest BCUT2D eigenvalue weighted by Gasteiger charge is 2.24. The van der Waals surface area contributed by atoms with Gasteiger partial charge < -0.3 is 9.73 Å².